The molecule has 4 N–H and O–H groups in total. The maximum absolute atomic E-state index is 12.7. The van der Waals surface area contributed by atoms with Crippen LogP contribution in [0.15, 0.2) is 30.3 Å². The second-order valence-electron chi connectivity index (χ2n) is 8.61. The predicted octanol–water partition coefficient (Wildman–Crippen LogP) is 3.40. The monoisotopic (exact) mass is 522 g/mol. The third-order valence-corrected chi connectivity index (χ3v) is 5.46. The van der Waals surface area contributed by atoms with E-state index in [1.165, 1.54) is 6.42 Å². The molecule has 0 aliphatic carbocycles. The van der Waals surface area contributed by atoms with Crippen molar-refractivity contribution < 1.29 is 43.7 Å². The molecule has 0 fully saturated rings. The molecule has 11 heteroatoms. The molecule has 1 unspecified atom stereocenters. The summed E-state index contributed by atoms with van der Waals surface area (Å²) in [7, 11) is 0. The number of carboxylic acid groups (broad SMARTS) is 2. The van der Waals surface area contributed by atoms with Crippen LogP contribution in [0.5, 0.6) is 0 Å². The van der Waals surface area contributed by atoms with Crippen molar-refractivity contribution in [3.63, 3.8) is 0 Å². The molecule has 0 aromatic heterocycles. The Morgan fingerprint density at radius 3 is 2.08 bits per heavy atom. The molecule has 1 aromatic rings. The normalized spacial score (nSPS) is 12.1. The lowest BCUT2D eigenvalue weighted by atomic mass is 10.1. The first kappa shape index (κ1) is 31.4. The number of nitrogens with one attached hydrogen (secondary N) is 2. The number of benzene rings is 1. The van der Waals surface area contributed by atoms with E-state index in [4.69, 9.17) is 14.6 Å². The number of carbonyl (C=O) groups excluding carboxylic acids is 3. The molecule has 1 aromatic carbocycles. The van der Waals surface area contributed by atoms with Crippen LogP contribution >= 0.6 is 0 Å². The second kappa shape index (κ2) is 18.6. The summed E-state index contributed by atoms with van der Waals surface area (Å²) < 4.78 is 10.5. The first-order chi connectivity index (χ1) is 17.7. The fourth-order valence-electron chi connectivity index (χ4n) is 3.36. The van der Waals surface area contributed by atoms with E-state index < -0.39 is 48.4 Å². The number of aliphatic carboxylic acids is 2. The van der Waals surface area contributed by atoms with Gasteiger partial charge in [-0.05, 0) is 24.8 Å². The SMILES string of the molecule is CCCCCCCCOC(=O)CC[C@H](NC(=O)NC(CCC(=O)O)C(=O)O)C(=O)OCc1ccccc1. The number of ether oxygens (including phenoxy) is 2. The van der Waals surface area contributed by atoms with Crippen molar-refractivity contribution in [3.8, 4) is 0 Å². The number of amides is 2. The molecule has 0 radical (unpaired) electrons. The Hall–Kier alpha value is -3.63. The zero-order valence-corrected chi connectivity index (χ0v) is 21.3. The van der Waals surface area contributed by atoms with Crippen molar-refractivity contribution in [1.82, 2.24) is 10.6 Å². The minimum absolute atomic E-state index is 0.0572. The summed E-state index contributed by atoms with van der Waals surface area (Å²) in [5.41, 5.74) is 0.719. The van der Waals surface area contributed by atoms with E-state index in [1.807, 2.05) is 0 Å². The van der Waals surface area contributed by atoms with Crippen molar-refractivity contribution >= 4 is 29.9 Å². The molecule has 0 aliphatic heterocycles. The highest BCUT2D eigenvalue weighted by Gasteiger charge is 2.27. The lowest BCUT2D eigenvalue weighted by molar-refractivity contribution is -0.148. The molecule has 1 rings (SSSR count). The maximum Gasteiger partial charge on any atom is 0.329 e. The Kier molecular flexibility index (Phi) is 15.8. The van der Waals surface area contributed by atoms with Gasteiger partial charge in [-0.25, -0.2) is 14.4 Å². The molecule has 37 heavy (non-hydrogen) atoms. The largest absolute Gasteiger partial charge is 0.481 e. The second-order valence-corrected chi connectivity index (χ2v) is 8.61. The number of carbonyl (C=O) groups is 5. The van der Waals surface area contributed by atoms with E-state index in [-0.39, 0.29) is 32.5 Å². The Labute approximate surface area is 216 Å². The number of unbranched alkanes of at least 4 members (excludes halogenated alkanes) is 5. The van der Waals surface area contributed by atoms with E-state index in [2.05, 4.69) is 17.6 Å². The third kappa shape index (κ3) is 15.2. The molecule has 2 amide bonds. The molecule has 0 saturated carbocycles. The summed E-state index contributed by atoms with van der Waals surface area (Å²) in [6, 6.07) is 5.13. The van der Waals surface area contributed by atoms with E-state index in [9.17, 15) is 29.1 Å². The van der Waals surface area contributed by atoms with Crippen LogP contribution in [0.4, 0.5) is 4.79 Å². The summed E-state index contributed by atoms with van der Waals surface area (Å²) in [6.07, 6.45) is 5.14. The molecule has 0 aliphatic rings. The van der Waals surface area contributed by atoms with Crippen LogP contribution in [0.2, 0.25) is 0 Å². The first-order valence-corrected chi connectivity index (χ1v) is 12.6. The highest BCUT2D eigenvalue weighted by molar-refractivity contribution is 5.87. The average molecular weight is 523 g/mol. The Balaban J connectivity index is 2.64. The topological polar surface area (TPSA) is 168 Å². The lowest BCUT2D eigenvalue weighted by Crippen LogP contribution is -2.51. The van der Waals surface area contributed by atoms with Gasteiger partial charge in [0.05, 0.1) is 6.61 Å². The van der Waals surface area contributed by atoms with Crippen molar-refractivity contribution in [2.24, 2.45) is 0 Å². The Morgan fingerprint density at radius 2 is 1.43 bits per heavy atom. The number of hydrogen-bond donors (Lipinski definition) is 4. The number of rotatable bonds is 19. The fourth-order valence-corrected chi connectivity index (χ4v) is 3.36. The minimum Gasteiger partial charge on any atom is -0.481 e. The number of carboxylic acids is 2. The van der Waals surface area contributed by atoms with Gasteiger partial charge in [0.1, 0.15) is 18.7 Å². The van der Waals surface area contributed by atoms with Crippen LogP contribution in [0, 0.1) is 0 Å². The zero-order valence-electron chi connectivity index (χ0n) is 21.3. The van der Waals surface area contributed by atoms with Crippen LogP contribution in [-0.2, 0) is 35.3 Å². The van der Waals surface area contributed by atoms with Crippen molar-refractivity contribution in [2.75, 3.05) is 6.61 Å². The lowest BCUT2D eigenvalue weighted by Gasteiger charge is -2.20. The van der Waals surface area contributed by atoms with Gasteiger partial charge in [-0.1, -0.05) is 69.4 Å². The molecule has 2 atom stereocenters. The summed E-state index contributed by atoms with van der Waals surface area (Å²) >= 11 is 0. The van der Waals surface area contributed by atoms with Crippen LogP contribution in [0.25, 0.3) is 0 Å². The Morgan fingerprint density at radius 1 is 0.811 bits per heavy atom. The van der Waals surface area contributed by atoms with Crippen LogP contribution < -0.4 is 10.6 Å². The molecular weight excluding hydrogens is 484 g/mol. The van der Waals surface area contributed by atoms with Crippen LogP contribution in [-0.4, -0.2) is 58.8 Å². The number of urea groups is 1. The van der Waals surface area contributed by atoms with E-state index >= 15 is 0 Å². The summed E-state index contributed by atoms with van der Waals surface area (Å²) in [4.78, 5) is 59.3. The minimum atomic E-state index is -1.47. The van der Waals surface area contributed by atoms with Gasteiger partial charge in [-0.2, -0.15) is 0 Å². The quantitative estimate of drug-likeness (QED) is 0.157. The van der Waals surface area contributed by atoms with Crippen LogP contribution in [0.1, 0.15) is 76.7 Å². The average Bonchev–Trinajstić information content (AvgIpc) is 2.87. The molecular formula is C26H38N2O9. The maximum atomic E-state index is 12.7. The van der Waals surface area contributed by atoms with Crippen molar-refractivity contribution in [3.05, 3.63) is 35.9 Å². The van der Waals surface area contributed by atoms with E-state index in [0.29, 0.717) is 0 Å². The van der Waals surface area contributed by atoms with Crippen molar-refractivity contribution in [2.45, 2.75) is 89.8 Å². The summed E-state index contributed by atoms with van der Waals surface area (Å²) in [6.45, 7) is 2.35. The highest BCUT2D eigenvalue weighted by atomic mass is 16.5. The van der Waals surface area contributed by atoms with E-state index in [1.54, 1.807) is 30.3 Å². The smallest absolute Gasteiger partial charge is 0.329 e. The van der Waals surface area contributed by atoms with Gasteiger partial charge in [0.25, 0.3) is 0 Å². The fraction of sp³-hybridized carbons (Fsp3) is 0.577. The molecule has 11 nitrogen and oxygen atoms in total. The van der Waals surface area contributed by atoms with Gasteiger partial charge >= 0.3 is 29.9 Å². The predicted molar refractivity (Wildman–Crippen MR) is 134 cm³/mol. The Bertz CT molecular complexity index is 861. The molecule has 0 heterocycles. The first-order valence-electron chi connectivity index (χ1n) is 12.6. The summed E-state index contributed by atoms with van der Waals surface area (Å²) in [5, 5.41) is 22.5. The third-order valence-electron chi connectivity index (χ3n) is 5.46. The zero-order chi connectivity index (χ0) is 27.5. The highest BCUT2D eigenvalue weighted by Crippen LogP contribution is 2.08. The van der Waals surface area contributed by atoms with E-state index in [0.717, 1.165) is 37.7 Å². The molecule has 206 valence electrons. The molecule has 0 saturated heterocycles. The van der Waals surface area contributed by atoms with Gasteiger partial charge in [0.15, 0.2) is 0 Å². The molecule has 0 bridgehead atoms. The summed E-state index contributed by atoms with van der Waals surface area (Å²) in [5.74, 6) is -3.96. The van der Waals surface area contributed by atoms with Crippen molar-refractivity contribution in [1.29, 1.82) is 0 Å². The van der Waals surface area contributed by atoms with Gasteiger partial charge in [-0.3, -0.25) is 9.59 Å². The molecule has 0 spiro atoms. The van der Waals surface area contributed by atoms with Gasteiger partial charge in [0.2, 0.25) is 0 Å². The van der Waals surface area contributed by atoms with Crippen LogP contribution in [0.3, 0.4) is 0 Å². The number of hydrogen-bond acceptors (Lipinski definition) is 7. The van der Waals surface area contributed by atoms with Gasteiger partial charge in [0, 0.05) is 12.8 Å². The number of esters is 2. The van der Waals surface area contributed by atoms with Gasteiger partial charge < -0.3 is 30.3 Å². The van der Waals surface area contributed by atoms with Gasteiger partial charge in [-0.15, -0.1) is 0 Å². The standard InChI is InChI=1S/C26H38N2O9/c1-2-3-4-5-6-10-17-36-23(31)16-14-21(25(34)37-18-19-11-8-7-9-12-19)28-26(35)27-20(24(32)33)13-15-22(29)30/h7-9,11-12,20-21H,2-6,10,13-18H2,1H3,(H,29,30)(H,32,33)(H2,27,28,35)/t20?,21-/m0/s1.